The Morgan fingerprint density at radius 1 is 1.04 bits per heavy atom. The van der Waals surface area contributed by atoms with Crippen LogP contribution in [0, 0.1) is 5.82 Å². The standard InChI is InChI=1S/C20H21ClFN3O2S/c21-15-5-7-16(8-6-15)24-9-11-25(12-10-24)20(27)13-23-19(26)14-28-18-4-2-1-3-17(18)22/h1-8H,9-14H2,(H,23,26). The van der Waals surface area contributed by atoms with E-state index in [4.69, 9.17) is 11.6 Å². The number of carbonyl (C=O) groups is 2. The zero-order valence-corrected chi connectivity index (χ0v) is 16.8. The molecule has 0 spiro atoms. The zero-order valence-electron chi connectivity index (χ0n) is 15.2. The van der Waals surface area contributed by atoms with E-state index in [2.05, 4.69) is 10.2 Å². The Kier molecular flexibility index (Phi) is 7.17. The minimum absolute atomic E-state index is 0.0440. The fraction of sp³-hybridized carbons (Fsp3) is 0.300. The molecule has 148 valence electrons. The third-order valence-corrected chi connectivity index (χ3v) is 5.76. The van der Waals surface area contributed by atoms with Gasteiger partial charge >= 0.3 is 0 Å². The second-order valence-electron chi connectivity index (χ2n) is 6.34. The number of amides is 2. The average molecular weight is 422 g/mol. The smallest absolute Gasteiger partial charge is 0.242 e. The van der Waals surface area contributed by atoms with Crippen molar-refractivity contribution in [3.8, 4) is 0 Å². The van der Waals surface area contributed by atoms with E-state index in [0.29, 0.717) is 23.0 Å². The van der Waals surface area contributed by atoms with Gasteiger partial charge in [-0.1, -0.05) is 23.7 Å². The Labute approximate surface area is 172 Å². The van der Waals surface area contributed by atoms with E-state index in [0.717, 1.165) is 30.5 Å². The second-order valence-corrected chi connectivity index (χ2v) is 7.79. The molecular weight excluding hydrogens is 401 g/mol. The first-order valence-corrected chi connectivity index (χ1v) is 10.3. The molecule has 0 atom stereocenters. The number of benzene rings is 2. The normalized spacial score (nSPS) is 14.1. The van der Waals surface area contributed by atoms with Gasteiger partial charge in [-0.2, -0.15) is 0 Å². The minimum atomic E-state index is -0.352. The number of nitrogens with one attached hydrogen (secondary N) is 1. The fourth-order valence-electron chi connectivity index (χ4n) is 2.91. The van der Waals surface area contributed by atoms with Crippen LogP contribution in [0.1, 0.15) is 0 Å². The van der Waals surface area contributed by atoms with Crippen LogP contribution in [0.4, 0.5) is 10.1 Å². The highest BCUT2D eigenvalue weighted by Crippen LogP contribution is 2.21. The minimum Gasteiger partial charge on any atom is -0.368 e. The highest BCUT2D eigenvalue weighted by Gasteiger charge is 2.21. The molecule has 2 aromatic carbocycles. The van der Waals surface area contributed by atoms with Crippen LogP contribution in [0.25, 0.3) is 0 Å². The molecule has 3 rings (SSSR count). The first kappa shape index (κ1) is 20.5. The Balaban J connectivity index is 1.39. The number of halogens is 2. The van der Waals surface area contributed by atoms with Crippen molar-refractivity contribution < 1.29 is 14.0 Å². The maximum absolute atomic E-state index is 13.5. The quantitative estimate of drug-likeness (QED) is 0.728. The van der Waals surface area contributed by atoms with E-state index >= 15 is 0 Å². The molecular formula is C20H21ClFN3O2S. The van der Waals surface area contributed by atoms with Crippen LogP contribution < -0.4 is 10.2 Å². The molecule has 1 aliphatic rings. The maximum atomic E-state index is 13.5. The lowest BCUT2D eigenvalue weighted by molar-refractivity contribution is -0.132. The molecule has 0 aromatic heterocycles. The first-order chi connectivity index (χ1) is 13.5. The Morgan fingerprint density at radius 3 is 2.39 bits per heavy atom. The summed E-state index contributed by atoms with van der Waals surface area (Å²) in [5.74, 6) is -0.685. The summed E-state index contributed by atoms with van der Waals surface area (Å²) < 4.78 is 13.5. The Hall–Kier alpha value is -2.25. The predicted molar refractivity (Wildman–Crippen MR) is 110 cm³/mol. The highest BCUT2D eigenvalue weighted by atomic mass is 35.5. The summed E-state index contributed by atoms with van der Waals surface area (Å²) in [6.45, 7) is 2.61. The number of carbonyl (C=O) groups excluding carboxylic acids is 2. The molecule has 0 aliphatic carbocycles. The zero-order chi connectivity index (χ0) is 19.9. The third kappa shape index (κ3) is 5.62. The van der Waals surface area contributed by atoms with Crippen molar-refractivity contribution >= 4 is 40.9 Å². The number of hydrogen-bond donors (Lipinski definition) is 1. The van der Waals surface area contributed by atoms with Crippen molar-refractivity contribution in [3.05, 3.63) is 59.4 Å². The van der Waals surface area contributed by atoms with Gasteiger partial charge in [-0.05, 0) is 36.4 Å². The predicted octanol–water partition coefficient (Wildman–Crippen LogP) is 3.04. The summed E-state index contributed by atoms with van der Waals surface area (Å²) in [4.78, 5) is 28.6. The van der Waals surface area contributed by atoms with Gasteiger partial charge in [-0.25, -0.2) is 4.39 Å². The summed E-state index contributed by atoms with van der Waals surface area (Å²) in [7, 11) is 0. The van der Waals surface area contributed by atoms with Gasteiger partial charge in [0.25, 0.3) is 0 Å². The van der Waals surface area contributed by atoms with Gasteiger partial charge in [-0.15, -0.1) is 11.8 Å². The molecule has 1 heterocycles. The number of rotatable bonds is 6. The lowest BCUT2D eigenvalue weighted by Crippen LogP contribution is -2.51. The molecule has 1 aliphatic heterocycles. The third-order valence-electron chi connectivity index (χ3n) is 4.46. The SMILES string of the molecule is O=C(CSc1ccccc1F)NCC(=O)N1CCN(c2ccc(Cl)cc2)CC1. The van der Waals surface area contributed by atoms with Gasteiger partial charge in [0.15, 0.2) is 0 Å². The van der Waals surface area contributed by atoms with E-state index in [-0.39, 0.29) is 29.9 Å². The lowest BCUT2D eigenvalue weighted by Gasteiger charge is -2.36. The van der Waals surface area contributed by atoms with Crippen molar-refractivity contribution in [1.82, 2.24) is 10.2 Å². The molecule has 5 nitrogen and oxygen atoms in total. The summed E-state index contributed by atoms with van der Waals surface area (Å²) >= 11 is 7.03. The van der Waals surface area contributed by atoms with Crippen molar-refractivity contribution in [3.63, 3.8) is 0 Å². The van der Waals surface area contributed by atoms with Gasteiger partial charge in [0.1, 0.15) is 5.82 Å². The van der Waals surface area contributed by atoms with Gasteiger partial charge < -0.3 is 15.1 Å². The molecule has 0 bridgehead atoms. The van der Waals surface area contributed by atoms with E-state index < -0.39 is 0 Å². The van der Waals surface area contributed by atoms with Crippen LogP contribution in [0.15, 0.2) is 53.4 Å². The van der Waals surface area contributed by atoms with Crippen LogP contribution in [-0.2, 0) is 9.59 Å². The number of piperazine rings is 1. The summed E-state index contributed by atoms with van der Waals surface area (Å²) in [5, 5.41) is 3.31. The molecule has 0 saturated carbocycles. The topological polar surface area (TPSA) is 52.7 Å². The summed E-state index contributed by atoms with van der Waals surface area (Å²) in [6, 6.07) is 13.9. The van der Waals surface area contributed by atoms with Crippen LogP contribution in [0.3, 0.4) is 0 Å². The summed E-state index contributed by atoms with van der Waals surface area (Å²) in [5.41, 5.74) is 1.08. The van der Waals surface area contributed by atoms with Crippen molar-refractivity contribution in [2.24, 2.45) is 0 Å². The van der Waals surface area contributed by atoms with Gasteiger partial charge in [-0.3, -0.25) is 9.59 Å². The Bertz CT molecular complexity index is 826. The molecule has 1 saturated heterocycles. The van der Waals surface area contributed by atoms with Crippen LogP contribution >= 0.6 is 23.4 Å². The number of anilines is 1. The number of thioether (sulfide) groups is 1. The molecule has 2 amide bonds. The fourth-order valence-corrected chi connectivity index (χ4v) is 3.80. The van der Waals surface area contributed by atoms with Crippen LogP contribution in [0.5, 0.6) is 0 Å². The lowest BCUT2D eigenvalue weighted by atomic mass is 10.2. The van der Waals surface area contributed by atoms with Crippen LogP contribution in [0.2, 0.25) is 5.02 Å². The second kappa shape index (κ2) is 9.80. The summed E-state index contributed by atoms with van der Waals surface area (Å²) in [6.07, 6.45) is 0. The van der Waals surface area contributed by atoms with Crippen LogP contribution in [-0.4, -0.2) is 55.2 Å². The van der Waals surface area contributed by atoms with Crippen molar-refractivity contribution in [2.45, 2.75) is 4.90 Å². The van der Waals surface area contributed by atoms with E-state index in [1.807, 2.05) is 24.3 Å². The number of nitrogens with zero attached hydrogens (tertiary/aromatic N) is 2. The molecule has 8 heteroatoms. The van der Waals surface area contributed by atoms with E-state index in [1.165, 1.54) is 6.07 Å². The maximum Gasteiger partial charge on any atom is 0.242 e. The number of hydrogen-bond acceptors (Lipinski definition) is 4. The van der Waals surface area contributed by atoms with Gasteiger partial charge in [0.05, 0.1) is 12.3 Å². The van der Waals surface area contributed by atoms with Gasteiger partial charge in [0.2, 0.25) is 11.8 Å². The monoisotopic (exact) mass is 421 g/mol. The molecule has 2 aromatic rings. The molecule has 28 heavy (non-hydrogen) atoms. The Morgan fingerprint density at radius 2 is 1.71 bits per heavy atom. The van der Waals surface area contributed by atoms with E-state index in [1.54, 1.807) is 23.1 Å². The largest absolute Gasteiger partial charge is 0.368 e. The molecule has 0 radical (unpaired) electrons. The molecule has 1 fully saturated rings. The van der Waals surface area contributed by atoms with E-state index in [9.17, 15) is 14.0 Å². The first-order valence-electron chi connectivity index (χ1n) is 8.95. The highest BCUT2D eigenvalue weighted by molar-refractivity contribution is 8.00. The molecule has 0 unspecified atom stereocenters. The molecule has 1 N–H and O–H groups in total. The van der Waals surface area contributed by atoms with Crippen molar-refractivity contribution in [1.29, 1.82) is 0 Å². The van der Waals surface area contributed by atoms with Gasteiger partial charge in [0, 0.05) is 41.8 Å². The average Bonchev–Trinajstić information content (AvgIpc) is 2.72. The van der Waals surface area contributed by atoms with Crippen molar-refractivity contribution in [2.75, 3.05) is 43.4 Å².